The highest BCUT2D eigenvalue weighted by molar-refractivity contribution is 5.01. The van der Waals surface area contributed by atoms with Gasteiger partial charge in [-0.15, -0.1) is 10.2 Å². The first-order chi connectivity index (χ1) is 7.38. The number of rotatable bonds is 2. The average molecular weight is 207 g/mol. The molecule has 82 valence electrons. The molecular weight excluding hydrogens is 190 g/mol. The molecule has 0 spiro atoms. The number of hydrogen-bond acceptors (Lipinski definition) is 4. The Bertz CT molecular complexity index is 355. The molecule has 5 nitrogen and oxygen atoms in total. The van der Waals surface area contributed by atoms with E-state index in [0.717, 1.165) is 56.8 Å². The third-order valence-corrected chi connectivity index (χ3v) is 3.45. The molecule has 3 rings (SSSR count). The maximum atomic E-state index is 4.27. The Morgan fingerprint density at radius 3 is 2.87 bits per heavy atom. The molecule has 0 amide bonds. The minimum Gasteiger partial charge on any atom is -0.314 e. The van der Waals surface area contributed by atoms with Crippen molar-refractivity contribution in [1.29, 1.82) is 0 Å². The Hall–Kier alpha value is -0.940. The first-order valence-electron chi connectivity index (χ1n) is 5.74. The Labute approximate surface area is 89.5 Å². The first kappa shape index (κ1) is 9.30. The summed E-state index contributed by atoms with van der Waals surface area (Å²) in [6.07, 6.45) is 0.984. The average Bonchev–Trinajstić information content (AvgIpc) is 2.57. The molecule has 1 saturated heterocycles. The van der Waals surface area contributed by atoms with E-state index in [-0.39, 0.29) is 0 Å². The van der Waals surface area contributed by atoms with Crippen molar-refractivity contribution in [3.63, 3.8) is 0 Å². The molecule has 0 atom stereocenters. The van der Waals surface area contributed by atoms with Crippen LogP contribution in [-0.2, 0) is 19.5 Å². The predicted molar refractivity (Wildman–Crippen MR) is 56.5 cm³/mol. The van der Waals surface area contributed by atoms with E-state index in [1.807, 2.05) is 0 Å². The van der Waals surface area contributed by atoms with Crippen molar-refractivity contribution in [2.75, 3.05) is 19.6 Å². The Morgan fingerprint density at radius 1 is 1.33 bits per heavy atom. The third kappa shape index (κ3) is 1.46. The van der Waals surface area contributed by atoms with Gasteiger partial charge in [0.05, 0.1) is 6.54 Å². The van der Waals surface area contributed by atoms with E-state index in [9.17, 15) is 0 Å². The molecule has 0 aliphatic carbocycles. The summed E-state index contributed by atoms with van der Waals surface area (Å²) in [7, 11) is 0. The number of nitrogens with zero attached hydrogens (tertiary/aromatic N) is 4. The molecule has 0 radical (unpaired) electrons. The monoisotopic (exact) mass is 207 g/mol. The van der Waals surface area contributed by atoms with Gasteiger partial charge in [0.25, 0.3) is 0 Å². The van der Waals surface area contributed by atoms with Crippen LogP contribution in [0.25, 0.3) is 0 Å². The summed E-state index contributed by atoms with van der Waals surface area (Å²) in [5, 5.41) is 11.8. The van der Waals surface area contributed by atoms with E-state index in [1.54, 1.807) is 0 Å². The van der Waals surface area contributed by atoms with E-state index in [2.05, 4.69) is 31.9 Å². The maximum Gasteiger partial charge on any atom is 0.147 e. The molecule has 5 heteroatoms. The van der Waals surface area contributed by atoms with Crippen molar-refractivity contribution in [3.8, 4) is 0 Å². The van der Waals surface area contributed by atoms with E-state index in [1.165, 1.54) is 0 Å². The Balaban J connectivity index is 1.78. The second kappa shape index (κ2) is 3.57. The molecule has 15 heavy (non-hydrogen) atoms. The topological polar surface area (TPSA) is 46.0 Å². The first-order valence-corrected chi connectivity index (χ1v) is 5.74. The molecule has 0 aromatic carbocycles. The molecule has 1 aromatic rings. The Kier molecular flexibility index (Phi) is 2.21. The van der Waals surface area contributed by atoms with Crippen LogP contribution in [0.1, 0.15) is 18.6 Å². The molecule has 2 aliphatic heterocycles. The fourth-order valence-electron chi connectivity index (χ4n) is 2.34. The van der Waals surface area contributed by atoms with Gasteiger partial charge in [-0.05, 0) is 0 Å². The van der Waals surface area contributed by atoms with Crippen LogP contribution >= 0.6 is 0 Å². The molecular formula is C10H17N5. The normalized spacial score (nSPS) is 22.5. The lowest BCUT2D eigenvalue weighted by Gasteiger charge is -2.40. The van der Waals surface area contributed by atoms with Gasteiger partial charge in [-0.1, -0.05) is 6.92 Å². The lowest BCUT2D eigenvalue weighted by atomic mass is 10.1. The van der Waals surface area contributed by atoms with Gasteiger partial charge in [-0.2, -0.15) is 0 Å². The minimum atomic E-state index is 0.723. The SMILES string of the molecule is CCc1nnc2n1CCN(C1CNC1)C2. The molecule has 0 unspecified atom stereocenters. The highest BCUT2D eigenvalue weighted by atomic mass is 15.4. The van der Waals surface area contributed by atoms with Gasteiger partial charge in [0.1, 0.15) is 11.6 Å². The number of nitrogens with one attached hydrogen (secondary N) is 1. The van der Waals surface area contributed by atoms with Crippen molar-refractivity contribution >= 4 is 0 Å². The molecule has 3 heterocycles. The fraction of sp³-hybridized carbons (Fsp3) is 0.800. The molecule has 0 bridgehead atoms. The summed E-state index contributed by atoms with van der Waals surface area (Å²) in [6.45, 7) is 7.58. The molecule has 2 aliphatic rings. The van der Waals surface area contributed by atoms with E-state index in [0.29, 0.717) is 0 Å². The van der Waals surface area contributed by atoms with Crippen LogP contribution in [0.15, 0.2) is 0 Å². The lowest BCUT2D eigenvalue weighted by Crippen LogP contribution is -2.58. The smallest absolute Gasteiger partial charge is 0.147 e. The van der Waals surface area contributed by atoms with Gasteiger partial charge in [-0.3, -0.25) is 4.90 Å². The van der Waals surface area contributed by atoms with E-state index < -0.39 is 0 Å². The van der Waals surface area contributed by atoms with Crippen LogP contribution < -0.4 is 5.32 Å². The van der Waals surface area contributed by atoms with E-state index >= 15 is 0 Å². The maximum absolute atomic E-state index is 4.27. The number of hydrogen-bond donors (Lipinski definition) is 1. The fourth-order valence-corrected chi connectivity index (χ4v) is 2.34. The van der Waals surface area contributed by atoms with Gasteiger partial charge >= 0.3 is 0 Å². The number of fused-ring (bicyclic) bond motifs is 1. The van der Waals surface area contributed by atoms with Gasteiger partial charge in [0.15, 0.2) is 0 Å². The van der Waals surface area contributed by atoms with Gasteiger partial charge in [-0.25, -0.2) is 0 Å². The van der Waals surface area contributed by atoms with Gasteiger partial charge in [0, 0.05) is 38.6 Å². The van der Waals surface area contributed by atoms with Crippen molar-refractivity contribution in [1.82, 2.24) is 25.0 Å². The lowest BCUT2D eigenvalue weighted by molar-refractivity contribution is 0.111. The number of aromatic nitrogens is 3. The van der Waals surface area contributed by atoms with Crippen LogP contribution in [0.2, 0.25) is 0 Å². The van der Waals surface area contributed by atoms with Crippen molar-refractivity contribution in [2.45, 2.75) is 32.5 Å². The Morgan fingerprint density at radius 2 is 2.20 bits per heavy atom. The highest BCUT2D eigenvalue weighted by Gasteiger charge is 2.29. The van der Waals surface area contributed by atoms with Crippen LogP contribution in [-0.4, -0.2) is 45.3 Å². The summed E-state index contributed by atoms with van der Waals surface area (Å²) in [6, 6.07) is 0.723. The highest BCUT2D eigenvalue weighted by Crippen LogP contribution is 2.16. The van der Waals surface area contributed by atoms with Crippen molar-refractivity contribution < 1.29 is 0 Å². The molecule has 0 saturated carbocycles. The van der Waals surface area contributed by atoms with Crippen LogP contribution in [0.3, 0.4) is 0 Å². The summed E-state index contributed by atoms with van der Waals surface area (Å²) in [5.74, 6) is 2.28. The summed E-state index contributed by atoms with van der Waals surface area (Å²) < 4.78 is 2.28. The van der Waals surface area contributed by atoms with Crippen LogP contribution in [0.4, 0.5) is 0 Å². The quantitative estimate of drug-likeness (QED) is 0.718. The summed E-state index contributed by atoms with van der Waals surface area (Å²) in [5.41, 5.74) is 0. The second-order valence-corrected chi connectivity index (χ2v) is 4.32. The third-order valence-electron chi connectivity index (χ3n) is 3.45. The second-order valence-electron chi connectivity index (χ2n) is 4.32. The zero-order chi connectivity index (χ0) is 10.3. The minimum absolute atomic E-state index is 0.723. The van der Waals surface area contributed by atoms with Crippen LogP contribution in [0.5, 0.6) is 0 Å². The van der Waals surface area contributed by atoms with Gasteiger partial charge in [0.2, 0.25) is 0 Å². The van der Waals surface area contributed by atoms with E-state index in [4.69, 9.17) is 0 Å². The van der Waals surface area contributed by atoms with Crippen molar-refractivity contribution in [3.05, 3.63) is 11.6 Å². The molecule has 1 N–H and O–H groups in total. The van der Waals surface area contributed by atoms with Crippen LogP contribution in [0, 0.1) is 0 Å². The zero-order valence-corrected chi connectivity index (χ0v) is 9.11. The molecule has 1 fully saturated rings. The largest absolute Gasteiger partial charge is 0.314 e. The zero-order valence-electron chi connectivity index (χ0n) is 9.11. The van der Waals surface area contributed by atoms with Crippen molar-refractivity contribution in [2.24, 2.45) is 0 Å². The standard InChI is InChI=1S/C10H17N5/c1-2-9-12-13-10-7-14(3-4-15(9)10)8-5-11-6-8/h8,11H,2-7H2,1H3. The summed E-state index contributed by atoms with van der Waals surface area (Å²) >= 11 is 0. The number of aryl methyl sites for hydroxylation is 1. The summed E-state index contributed by atoms with van der Waals surface area (Å²) in [4.78, 5) is 2.51. The van der Waals surface area contributed by atoms with Gasteiger partial charge < -0.3 is 9.88 Å². The molecule has 1 aromatic heterocycles. The predicted octanol–water partition coefficient (Wildman–Crippen LogP) is -0.372.